The van der Waals surface area contributed by atoms with Crippen LogP contribution in [0.4, 0.5) is 30.8 Å². The first kappa shape index (κ1) is 14.6. The fourth-order valence-electron chi connectivity index (χ4n) is 1.34. The molecule has 0 amide bonds. The average molecular weight is 324 g/mol. The molecule has 0 spiro atoms. The van der Waals surface area contributed by atoms with Crippen molar-refractivity contribution in [1.82, 2.24) is 15.0 Å². The van der Waals surface area contributed by atoms with E-state index in [2.05, 4.69) is 20.3 Å². The summed E-state index contributed by atoms with van der Waals surface area (Å²) >= 11 is 11.4. The molecule has 1 aromatic heterocycles. The summed E-state index contributed by atoms with van der Waals surface area (Å²) in [6, 6.07) is 2.80. The smallest absolute Gasteiger partial charge is 0.368 e. The van der Waals surface area contributed by atoms with E-state index in [9.17, 15) is 13.2 Å². The highest BCUT2D eigenvalue weighted by molar-refractivity contribution is 6.33. The van der Waals surface area contributed by atoms with Gasteiger partial charge in [0.05, 0.1) is 16.3 Å². The normalized spacial score (nSPS) is 11.4. The lowest BCUT2D eigenvalue weighted by Crippen LogP contribution is -2.07. The summed E-state index contributed by atoms with van der Waals surface area (Å²) in [7, 11) is 0. The number of halogens is 5. The van der Waals surface area contributed by atoms with Crippen LogP contribution < -0.4 is 11.1 Å². The van der Waals surface area contributed by atoms with E-state index in [0.717, 1.165) is 18.2 Å². The van der Waals surface area contributed by atoms with Crippen LogP contribution in [0.15, 0.2) is 18.2 Å². The fourth-order valence-corrected chi connectivity index (χ4v) is 1.67. The van der Waals surface area contributed by atoms with Crippen molar-refractivity contribution in [2.75, 3.05) is 11.1 Å². The van der Waals surface area contributed by atoms with Crippen molar-refractivity contribution in [1.29, 1.82) is 0 Å². The number of rotatable bonds is 2. The molecule has 0 unspecified atom stereocenters. The first-order valence-corrected chi connectivity index (χ1v) is 5.82. The third kappa shape index (κ3) is 3.40. The SMILES string of the molecule is Nc1nc(Cl)nc(Nc2cc(C(F)(F)F)ccc2Cl)n1. The van der Waals surface area contributed by atoms with Gasteiger partial charge in [-0.1, -0.05) is 11.6 Å². The van der Waals surface area contributed by atoms with Gasteiger partial charge in [-0.15, -0.1) is 0 Å². The van der Waals surface area contributed by atoms with Gasteiger partial charge in [0.2, 0.25) is 17.2 Å². The van der Waals surface area contributed by atoms with Gasteiger partial charge >= 0.3 is 6.18 Å². The van der Waals surface area contributed by atoms with Crippen LogP contribution in [0.1, 0.15) is 5.56 Å². The van der Waals surface area contributed by atoms with Crippen molar-refractivity contribution in [2.45, 2.75) is 6.18 Å². The minimum Gasteiger partial charge on any atom is -0.368 e. The van der Waals surface area contributed by atoms with E-state index in [1.54, 1.807) is 0 Å². The van der Waals surface area contributed by atoms with Gasteiger partial charge in [0.15, 0.2) is 0 Å². The topological polar surface area (TPSA) is 76.7 Å². The number of nitrogens with one attached hydrogen (secondary N) is 1. The molecule has 1 aromatic carbocycles. The number of nitrogen functional groups attached to an aromatic ring is 1. The van der Waals surface area contributed by atoms with Crippen LogP contribution in [-0.2, 0) is 6.18 Å². The molecule has 106 valence electrons. The molecule has 0 aliphatic heterocycles. The molecule has 0 aliphatic rings. The van der Waals surface area contributed by atoms with E-state index in [-0.39, 0.29) is 27.9 Å². The molecule has 0 bridgehead atoms. The monoisotopic (exact) mass is 323 g/mol. The van der Waals surface area contributed by atoms with Gasteiger partial charge in [-0.3, -0.25) is 0 Å². The molecule has 0 saturated carbocycles. The molecular weight excluding hydrogens is 318 g/mol. The van der Waals surface area contributed by atoms with E-state index in [4.69, 9.17) is 28.9 Å². The number of nitrogens with zero attached hydrogens (tertiary/aromatic N) is 3. The second kappa shape index (κ2) is 5.29. The van der Waals surface area contributed by atoms with Crippen LogP contribution in [0, 0.1) is 0 Å². The maximum absolute atomic E-state index is 12.6. The maximum Gasteiger partial charge on any atom is 0.416 e. The molecule has 3 N–H and O–H groups in total. The zero-order valence-electron chi connectivity index (χ0n) is 9.54. The molecule has 10 heteroatoms. The zero-order chi connectivity index (χ0) is 14.9. The summed E-state index contributed by atoms with van der Waals surface area (Å²) in [6.07, 6.45) is -4.49. The first-order valence-electron chi connectivity index (χ1n) is 5.06. The summed E-state index contributed by atoms with van der Waals surface area (Å²) in [5, 5.41) is 2.38. The van der Waals surface area contributed by atoms with Crippen molar-refractivity contribution in [3.63, 3.8) is 0 Å². The Morgan fingerprint density at radius 2 is 1.80 bits per heavy atom. The highest BCUT2D eigenvalue weighted by Crippen LogP contribution is 2.34. The minimum absolute atomic E-state index is 0.0249. The number of benzene rings is 1. The zero-order valence-corrected chi connectivity index (χ0v) is 11.1. The highest BCUT2D eigenvalue weighted by Gasteiger charge is 2.31. The van der Waals surface area contributed by atoms with E-state index >= 15 is 0 Å². The molecule has 2 aromatic rings. The Kier molecular flexibility index (Phi) is 3.87. The van der Waals surface area contributed by atoms with Crippen LogP contribution in [0.5, 0.6) is 0 Å². The van der Waals surface area contributed by atoms with Gasteiger partial charge in [0, 0.05) is 0 Å². The summed E-state index contributed by atoms with van der Waals surface area (Å²) in [4.78, 5) is 10.9. The molecular formula is C10H6Cl2F3N5. The van der Waals surface area contributed by atoms with Crippen LogP contribution >= 0.6 is 23.2 Å². The van der Waals surface area contributed by atoms with Gasteiger partial charge < -0.3 is 11.1 Å². The summed E-state index contributed by atoms with van der Waals surface area (Å²) in [5.74, 6) is -0.278. The number of hydrogen-bond acceptors (Lipinski definition) is 5. The van der Waals surface area contributed by atoms with E-state index in [1.165, 1.54) is 0 Å². The standard InChI is InChI=1S/C10H6Cl2F3N5/c11-5-2-1-4(10(13,14)15)3-6(5)17-9-19-7(12)18-8(16)20-9/h1-3H,(H3,16,17,18,19,20). The minimum atomic E-state index is -4.49. The van der Waals surface area contributed by atoms with Gasteiger partial charge in [0.25, 0.3) is 0 Å². The van der Waals surface area contributed by atoms with Crippen molar-refractivity contribution in [2.24, 2.45) is 0 Å². The lowest BCUT2D eigenvalue weighted by Gasteiger charge is -2.11. The van der Waals surface area contributed by atoms with Crippen molar-refractivity contribution in [3.8, 4) is 0 Å². The van der Waals surface area contributed by atoms with E-state index in [1.807, 2.05) is 0 Å². The Morgan fingerprint density at radius 3 is 2.40 bits per heavy atom. The largest absolute Gasteiger partial charge is 0.416 e. The number of hydrogen-bond donors (Lipinski definition) is 2. The number of aromatic nitrogens is 3. The molecule has 0 radical (unpaired) electrons. The Morgan fingerprint density at radius 1 is 1.10 bits per heavy atom. The van der Waals surface area contributed by atoms with Crippen LogP contribution in [0.25, 0.3) is 0 Å². The highest BCUT2D eigenvalue weighted by atomic mass is 35.5. The third-order valence-corrected chi connectivity index (χ3v) is 2.66. The number of alkyl halides is 3. The van der Waals surface area contributed by atoms with Crippen LogP contribution in [0.2, 0.25) is 10.3 Å². The molecule has 2 rings (SSSR count). The predicted molar refractivity (Wildman–Crippen MR) is 69.0 cm³/mol. The summed E-state index contributed by atoms with van der Waals surface area (Å²) in [6.45, 7) is 0. The summed E-state index contributed by atoms with van der Waals surface area (Å²) < 4.78 is 37.8. The van der Waals surface area contributed by atoms with Crippen molar-refractivity contribution >= 4 is 40.8 Å². The van der Waals surface area contributed by atoms with Crippen LogP contribution in [0.3, 0.4) is 0 Å². The third-order valence-electron chi connectivity index (χ3n) is 2.17. The van der Waals surface area contributed by atoms with Crippen molar-refractivity contribution < 1.29 is 13.2 Å². The molecule has 0 atom stereocenters. The number of anilines is 3. The molecule has 1 heterocycles. The fraction of sp³-hybridized carbons (Fsp3) is 0.100. The lowest BCUT2D eigenvalue weighted by molar-refractivity contribution is -0.137. The predicted octanol–water partition coefficient (Wildman–Crippen LogP) is 3.52. The molecule has 0 saturated heterocycles. The second-order valence-electron chi connectivity index (χ2n) is 3.60. The first-order chi connectivity index (χ1) is 9.25. The Labute approximate surface area is 121 Å². The van der Waals surface area contributed by atoms with Crippen LogP contribution in [-0.4, -0.2) is 15.0 Å². The van der Waals surface area contributed by atoms with E-state index in [0.29, 0.717) is 0 Å². The summed E-state index contributed by atoms with van der Waals surface area (Å²) in [5.41, 5.74) is 4.46. The lowest BCUT2D eigenvalue weighted by atomic mass is 10.2. The van der Waals surface area contributed by atoms with Gasteiger partial charge in [-0.05, 0) is 29.8 Å². The molecule has 20 heavy (non-hydrogen) atoms. The van der Waals surface area contributed by atoms with E-state index < -0.39 is 11.7 Å². The van der Waals surface area contributed by atoms with Gasteiger partial charge in [0.1, 0.15) is 0 Å². The number of nitrogens with two attached hydrogens (primary N) is 1. The maximum atomic E-state index is 12.6. The van der Waals surface area contributed by atoms with Crippen molar-refractivity contribution in [3.05, 3.63) is 34.1 Å². The second-order valence-corrected chi connectivity index (χ2v) is 4.35. The van der Waals surface area contributed by atoms with Gasteiger partial charge in [-0.2, -0.15) is 28.1 Å². The Hall–Kier alpha value is -1.80. The van der Waals surface area contributed by atoms with Gasteiger partial charge in [-0.25, -0.2) is 0 Å². The molecule has 0 aliphatic carbocycles. The Balaban J connectivity index is 2.37. The quantitative estimate of drug-likeness (QED) is 0.884. The molecule has 5 nitrogen and oxygen atoms in total. The molecule has 0 fully saturated rings. The average Bonchev–Trinajstić information content (AvgIpc) is 2.29. The Bertz CT molecular complexity index is 627.